The molecular weight excluding hydrogens is 581 g/mol. The van der Waals surface area contributed by atoms with Gasteiger partial charge >= 0.3 is 5.97 Å². The van der Waals surface area contributed by atoms with E-state index in [2.05, 4.69) is 11.5 Å². The van der Waals surface area contributed by atoms with Gasteiger partial charge in [-0.3, -0.25) is 4.68 Å². The number of esters is 1. The van der Waals surface area contributed by atoms with Crippen LogP contribution in [-0.2, 0) is 42.5 Å². The van der Waals surface area contributed by atoms with Crippen LogP contribution >= 0.6 is 11.6 Å². The fourth-order valence-electron chi connectivity index (χ4n) is 6.48. The Morgan fingerprint density at radius 1 is 1.09 bits per heavy atom. The van der Waals surface area contributed by atoms with E-state index in [1.807, 2.05) is 49.0 Å². The van der Waals surface area contributed by atoms with Crippen molar-refractivity contribution in [3.05, 3.63) is 82.0 Å². The summed E-state index contributed by atoms with van der Waals surface area (Å²) in [6.45, 7) is 6.26. The molecule has 0 aliphatic carbocycles. The number of benzene rings is 3. The first-order chi connectivity index (χ1) is 21.4. The number of carbonyl (C=O) groups excluding carboxylic acids is 1. The van der Waals surface area contributed by atoms with Crippen LogP contribution in [0.3, 0.4) is 0 Å². The fourth-order valence-corrected chi connectivity index (χ4v) is 6.73. The molecule has 0 saturated carbocycles. The first-order valence-electron chi connectivity index (χ1n) is 15.4. The highest BCUT2D eigenvalue weighted by atomic mass is 35.5. The molecule has 5 aromatic rings. The number of aromatic nitrogens is 3. The third kappa shape index (κ3) is 5.57. The Balaban J connectivity index is 1.45. The summed E-state index contributed by atoms with van der Waals surface area (Å²) in [5.74, 6) is 0.0866. The average molecular weight is 618 g/mol. The Morgan fingerprint density at radius 3 is 2.75 bits per heavy atom. The molecule has 0 fully saturated rings. The summed E-state index contributed by atoms with van der Waals surface area (Å²) in [6.07, 6.45) is 3.70. The smallest absolute Gasteiger partial charge is 0.355 e. The summed E-state index contributed by atoms with van der Waals surface area (Å²) in [6, 6.07) is 14.3. The number of ether oxygens (including phenoxy) is 3. The Morgan fingerprint density at radius 2 is 1.93 bits per heavy atom. The zero-order valence-corrected chi connectivity index (χ0v) is 26.2. The number of halogens is 2. The molecule has 0 amide bonds. The van der Waals surface area contributed by atoms with Gasteiger partial charge in [-0.15, -0.1) is 0 Å². The molecule has 0 spiro atoms. The fraction of sp³-hybridized carbons (Fsp3) is 0.371. The SMILES string of the molecule is CCOC(=O)c1c(CCCOc2cccc3cc(F)ccc23)c2ccc(Cl)c3c2n1CCCCOCc1nn(C)c(CC)c1-3. The first kappa shape index (κ1) is 30.2. The van der Waals surface area contributed by atoms with E-state index in [1.165, 1.54) is 12.1 Å². The minimum Gasteiger partial charge on any atom is -0.493 e. The van der Waals surface area contributed by atoms with Crippen LogP contribution in [0.15, 0.2) is 48.5 Å². The normalized spacial score (nSPS) is 13.6. The van der Waals surface area contributed by atoms with Gasteiger partial charge in [0.25, 0.3) is 0 Å². The van der Waals surface area contributed by atoms with Gasteiger partial charge in [-0.2, -0.15) is 5.10 Å². The standard InChI is InChI=1S/C35H37ClFN3O4/c1-4-29-32-28(38-39(29)3)21-42-18-7-6-17-40-33-26(15-16-27(36)31(32)33)25(34(40)35(41)43-5-2)11-9-19-44-30-12-8-10-22-20-23(37)13-14-24(22)30/h8,10,12-16,20H,4-7,9,11,17-19,21H2,1-3H3. The second-order valence-corrected chi connectivity index (χ2v) is 11.5. The summed E-state index contributed by atoms with van der Waals surface area (Å²) in [7, 11) is 1.95. The quantitative estimate of drug-likeness (QED) is 0.130. The lowest BCUT2D eigenvalue weighted by Gasteiger charge is -2.14. The monoisotopic (exact) mass is 617 g/mol. The van der Waals surface area contributed by atoms with E-state index in [9.17, 15) is 9.18 Å². The number of fused-ring (bicyclic) bond motifs is 3. The second kappa shape index (κ2) is 13.0. The van der Waals surface area contributed by atoms with Crippen molar-refractivity contribution in [2.24, 2.45) is 7.05 Å². The van der Waals surface area contributed by atoms with E-state index < -0.39 is 0 Å². The Kier molecular flexibility index (Phi) is 8.91. The van der Waals surface area contributed by atoms with E-state index in [1.54, 1.807) is 6.07 Å². The molecule has 44 heavy (non-hydrogen) atoms. The summed E-state index contributed by atoms with van der Waals surface area (Å²) in [4.78, 5) is 13.7. The lowest BCUT2D eigenvalue weighted by molar-refractivity contribution is 0.0512. The van der Waals surface area contributed by atoms with Crippen molar-refractivity contribution in [1.29, 1.82) is 0 Å². The number of aryl methyl sites for hydroxylation is 3. The van der Waals surface area contributed by atoms with Crippen molar-refractivity contribution in [3.8, 4) is 16.9 Å². The zero-order valence-electron chi connectivity index (χ0n) is 25.4. The summed E-state index contributed by atoms with van der Waals surface area (Å²) in [5.41, 5.74) is 6.18. The summed E-state index contributed by atoms with van der Waals surface area (Å²) < 4.78 is 35.7. The number of hydrogen-bond donors (Lipinski definition) is 0. The van der Waals surface area contributed by atoms with Crippen LogP contribution < -0.4 is 4.74 Å². The molecule has 0 bridgehead atoms. The van der Waals surface area contributed by atoms with Crippen molar-refractivity contribution in [2.75, 3.05) is 19.8 Å². The highest BCUT2D eigenvalue weighted by Crippen LogP contribution is 2.43. The minimum absolute atomic E-state index is 0.277. The third-order valence-electron chi connectivity index (χ3n) is 8.36. The van der Waals surface area contributed by atoms with Gasteiger partial charge in [0, 0.05) is 47.8 Å². The van der Waals surface area contributed by atoms with Crippen LogP contribution in [0, 0.1) is 5.82 Å². The van der Waals surface area contributed by atoms with Crippen molar-refractivity contribution in [1.82, 2.24) is 14.3 Å². The van der Waals surface area contributed by atoms with Crippen LogP contribution in [-0.4, -0.2) is 40.1 Å². The van der Waals surface area contributed by atoms with Gasteiger partial charge in [-0.25, -0.2) is 9.18 Å². The molecule has 0 radical (unpaired) electrons. The maximum Gasteiger partial charge on any atom is 0.355 e. The van der Waals surface area contributed by atoms with Crippen molar-refractivity contribution in [2.45, 2.75) is 59.1 Å². The van der Waals surface area contributed by atoms with Gasteiger partial charge in [-0.1, -0.05) is 36.7 Å². The Labute approximate surface area is 261 Å². The third-order valence-corrected chi connectivity index (χ3v) is 8.68. The molecule has 7 nitrogen and oxygen atoms in total. The number of hydrogen-bond acceptors (Lipinski definition) is 5. The van der Waals surface area contributed by atoms with Crippen LogP contribution in [0.5, 0.6) is 5.75 Å². The van der Waals surface area contributed by atoms with Crippen molar-refractivity contribution >= 4 is 39.2 Å². The number of carbonyl (C=O) groups is 1. The topological polar surface area (TPSA) is 67.5 Å². The molecule has 0 atom stereocenters. The molecule has 3 aromatic carbocycles. The predicted octanol–water partition coefficient (Wildman–Crippen LogP) is 8.05. The lowest BCUT2D eigenvalue weighted by atomic mass is 9.97. The summed E-state index contributed by atoms with van der Waals surface area (Å²) in [5, 5.41) is 8.07. The maximum atomic E-state index is 13.8. The zero-order chi connectivity index (χ0) is 30.8. The van der Waals surface area contributed by atoms with Gasteiger partial charge in [0.1, 0.15) is 17.3 Å². The molecule has 0 saturated heterocycles. The van der Waals surface area contributed by atoms with Gasteiger partial charge in [-0.05, 0) is 80.3 Å². The molecule has 6 rings (SSSR count). The molecule has 3 heterocycles. The molecule has 9 heteroatoms. The maximum absolute atomic E-state index is 13.8. The molecule has 1 aliphatic heterocycles. The highest BCUT2D eigenvalue weighted by Gasteiger charge is 2.29. The van der Waals surface area contributed by atoms with Gasteiger partial charge < -0.3 is 18.8 Å². The average Bonchev–Trinajstić information content (AvgIpc) is 3.48. The van der Waals surface area contributed by atoms with Crippen LogP contribution in [0.4, 0.5) is 4.39 Å². The van der Waals surface area contributed by atoms with Gasteiger partial charge in [0.15, 0.2) is 0 Å². The highest BCUT2D eigenvalue weighted by molar-refractivity contribution is 6.35. The van der Waals surface area contributed by atoms with E-state index in [0.717, 1.165) is 69.0 Å². The largest absolute Gasteiger partial charge is 0.493 e. The van der Waals surface area contributed by atoms with E-state index in [4.69, 9.17) is 30.9 Å². The van der Waals surface area contributed by atoms with E-state index in [-0.39, 0.29) is 18.4 Å². The van der Waals surface area contributed by atoms with Gasteiger partial charge in [0.2, 0.25) is 0 Å². The number of rotatable bonds is 8. The Hall–Kier alpha value is -3.88. The van der Waals surface area contributed by atoms with E-state index in [0.29, 0.717) is 55.7 Å². The lowest BCUT2D eigenvalue weighted by Crippen LogP contribution is -2.15. The van der Waals surface area contributed by atoms with Crippen molar-refractivity contribution < 1.29 is 23.4 Å². The Bertz CT molecular complexity index is 1840. The molecule has 0 N–H and O–H groups in total. The summed E-state index contributed by atoms with van der Waals surface area (Å²) >= 11 is 7.04. The molecule has 0 unspecified atom stereocenters. The van der Waals surface area contributed by atoms with Crippen LogP contribution in [0.2, 0.25) is 5.02 Å². The number of nitrogens with zero attached hydrogens (tertiary/aromatic N) is 3. The molecule has 1 aliphatic rings. The molecule has 2 aromatic heterocycles. The first-order valence-corrected chi connectivity index (χ1v) is 15.7. The van der Waals surface area contributed by atoms with Gasteiger partial charge in [0.05, 0.1) is 36.1 Å². The van der Waals surface area contributed by atoms with Crippen LogP contribution in [0.1, 0.15) is 60.5 Å². The predicted molar refractivity (Wildman–Crippen MR) is 171 cm³/mol. The second-order valence-electron chi connectivity index (χ2n) is 11.1. The van der Waals surface area contributed by atoms with Crippen molar-refractivity contribution in [3.63, 3.8) is 0 Å². The molecular formula is C35H37ClFN3O4. The van der Waals surface area contributed by atoms with Crippen LogP contribution in [0.25, 0.3) is 32.8 Å². The van der Waals surface area contributed by atoms with E-state index >= 15 is 0 Å². The molecule has 230 valence electrons. The minimum atomic E-state index is -0.342.